The van der Waals surface area contributed by atoms with Gasteiger partial charge in [-0.25, -0.2) is 9.18 Å². The van der Waals surface area contributed by atoms with Gasteiger partial charge in [0, 0.05) is 12.7 Å². The largest absolute Gasteiger partial charge is 0.486 e. The highest BCUT2D eigenvalue weighted by molar-refractivity contribution is 5.89. The number of rotatable bonds is 3. The molecule has 1 aliphatic rings. The van der Waals surface area contributed by atoms with Gasteiger partial charge in [-0.15, -0.1) is 0 Å². The molecule has 0 aliphatic carbocycles. The number of hydrogen-bond donors (Lipinski definition) is 1. The number of likely N-dealkylation sites (N-methyl/N-ethyl adjacent to an activating group) is 1. The monoisotopic (exact) mass is 316 g/mol. The fraction of sp³-hybridized carbons (Fsp3) is 0.235. The third-order valence-corrected chi connectivity index (χ3v) is 3.49. The molecule has 2 aromatic rings. The van der Waals surface area contributed by atoms with Gasteiger partial charge < -0.3 is 19.7 Å². The number of urea groups is 1. The molecule has 0 spiro atoms. The number of para-hydroxylation sites is 2. The van der Waals surface area contributed by atoms with E-state index in [1.165, 1.54) is 29.2 Å². The van der Waals surface area contributed by atoms with Gasteiger partial charge in [-0.1, -0.05) is 12.1 Å². The molecule has 2 amide bonds. The summed E-state index contributed by atoms with van der Waals surface area (Å²) in [6.45, 7) is 0.756. The van der Waals surface area contributed by atoms with Crippen molar-refractivity contribution in [1.82, 2.24) is 4.90 Å². The van der Waals surface area contributed by atoms with Crippen LogP contribution in [0.5, 0.6) is 11.5 Å². The molecule has 120 valence electrons. The van der Waals surface area contributed by atoms with Crippen LogP contribution in [0.25, 0.3) is 0 Å². The Morgan fingerprint density at radius 2 is 1.91 bits per heavy atom. The van der Waals surface area contributed by atoms with E-state index in [0.717, 1.165) is 0 Å². The van der Waals surface area contributed by atoms with E-state index in [4.69, 9.17) is 9.47 Å². The van der Waals surface area contributed by atoms with Crippen LogP contribution in [0.1, 0.15) is 0 Å². The molecule has 0 radical (unpaired) electrons. The number of amides is 2. The summed E-state index contributed by atoms with van der Waals surface area (Å²) in [5.41, 5.74) is 0.536. The van der Waals surface area contributed by atoms with E-state index < -0.39 is 0 Å². The first-order valence-corrected chi connectivity index (χ1v) is 7.28. The van der Waals surface area contributed by atoms with Gasteiger partial charge in [0.2, 0.25) is 0 Å². The number of carbonyl (C=O) groups excluding carboxylic acids is 1. The van der Waals surface area contributed by atoms with Crippen LogP contribution in [-0.4, -0.2) is 37.2 Å². The number of benzene rings is 2. The molecule has 23 heavy (non-hydrogen) atoms. The Morgan fingerprint density at radius 1 is 1.22 bits per heavy atom. The van der Waals surface area contributed by atoms with Gasteiger partial charge in [-0.3, -0.25) is 0 Å². The number of halogens is 1. The van der Waals surface area contributed by atoms with Crippen LogP contribution in [0.2, 0.25) is 0 Å². The van der Waals surface area contributed by atoms with Crippen molar-refractivity contribution < 1.29 is 18.7 Å². The number of fused-ring (bicyclic) bond motifs is 1. The van der Waals surface area contributed by atoms with Crippen molar-refractivity contribution in [3.05, 3.63) is 54.3 Å². The SMILES string of the molecule is CN(C[C@H]1COc2ccccc2O1)C(=O)Nc1ccc(F)cc1. The summed E-state index contributed by atoms with van der Waals surface area (Å²) in [6, 6.07) is 12.8. The summed E-state index contributed by atoms with van der Waals surface area (Å²) in [5, 5.41) is 2.70. The van der Waals surface area contributed by atoms with Gasteiger partial charge in [0.15, 0.2) is 17.6 Å². The molecule has 1 N–H and O–H groups in total. The second-order valence-corrected chi connectivity index (χ2v) is 5.32. The first kappa shape index (κ1) is 15.1. The number of ether oxygens (including phenoxy) is 2. The highest BCUT2D eigenvalue weighted by atomic mass is 19.1. The lowest BCUT2D eigenvalue weighted by atomic mass is 10.2. The maximum absolute atomic E-state index is 12.9. The van der Waals surface area contributed by atoms with E-state index in [1.54, 1.807) is 7.05 Å². The zero-order valence-electron chi connectivity index (χ0n) is 12.7. The van der Waals surface area contributed by atoms with Crippen LogP contribution in [0.4, 0.5) is 14.9 Å². The van der Waals surface area contributed by atoms with Crippen molar-refractivity contribution in [3.63, 3.8) is 0 Å². The molecule has 0 fully saturated rings. The molecule has 1 atom stereocenters. The smallest absolute Gasteiger partial charge is 0.321 e. The normalized spacial score (nSPS) is 15.8. The molecule has 6 heteroatoms. The molecule has 2 aromatic carbocycles. The lowest BCUT2D eigenvalue weighted by Gasteiger charge is -2.29. The second kappa shape index (κ2) is 6.56. The van der Waals surface area contributed by atoms with E-state index in [2.05, 4.69) is 5.32 Å². The van der Waals surface area contributed by atoms with Crippen molar-refractivity contribution in [2.75, 3.05) is 25.5 Å². The van der Waals surface area contributed by atoms with Gasteiger partial charge in [-0.2, -0.15) is 0 Å². The quantitative estimate of drug-likeness (QED) is 0.946. The predicted molar refractivity (Wildman–Crippen MR) is 84.4 cm³/mol. The van der Waals surface area contributed by atoms with Crippen molar-refractivity contribution in [3.8, 4) is 11.5 Å². The van der Waals surface area contributed by atoms with E-state index in [-0.39, 0.29) is 18.0 Å². The fourth-order valence-corrected chi connectivity index (χ4v) is 2.29. The zero-order chi connectivity index (χ0) is 16.2. The van der Waals surface area contributed by atoms with Crippen LogP contribution in [0.3, 0.4) is 0 Å². The Hall–Kier alpha value is -2.76. The van der Waals surface area contributed by atoms with Gasteiger partial charge in [0.1, 0.15) is 12.4 Å². The van der Waals surface area contributed by atoms with Gasteiger partial charge in [0.05, 0.1) is 6.54 Å². The molecule has 0 unspecified atom stereocenters. The Bertz CT molecular complexity index is 690. The number of carbonyl (C=O) groups is 1. The average Bonchev–Trinajstić information content (AvgIpc) is 2.56. The molecular weight excluding hydrogens is 299 g/mol. The summed E-state index contributed by atoms with van der Waals surface area (Å²) < 4.78 is 24.3. The molecule has 0 aromatic heterocycles. The number of hydrogen-bond acceptors (Lipinski definition) is 3. The van der Waals surface area contributed by atoms with E-state index in [1.807, 2.05) is 24.3 Å². The summed E-state index contributed by atoms with van der Waals surface area (Å²) in [4.78, 5) is 13.6. The Balaban J connectivity index is 1.56. The lowest BCUT2D eigenvalue weighted by Crippen LogP contribution is -2.43. The molecule has 0 bridgehead atoms. The van der Waals surface area contributed by atoms with Crippen LogP contribution < -0.4 is 14.8 Å². The first-order chi connectivity index (χ1) is 11.1. The van der Waals surface area contributed by atoms with Gasteiger partial charge in [-0.05, 0) is 36.4 Å². The molecular formula is C17H17FN2O3. The predicted octanol–water partition coefficient (Wildman–Crippen LogP) is 3.13. The standard InChI is InChI=1S/C17H17FN2O3/c1-20(17(21)19-13-8-6-12(18)7-9-13)10-14-11-22-15-4-2-3-5-16(15)23-14/h2-9,14H,10-11H2,1H3,(H,19,21)/t14-/m0/s1. The van der Waals surface area contributed by atoms with Crippen LogP contribution >= 0.6 is 0 Å². The Morgan fingerprint density at radius 3 is 2.65 bits per heavy atom. The highest BCUT2D eigenvalue weighted by Crippen LogP contribution is 2.30. The van der Waals surface area contributed by atoms with Crippen molar-refractivity contribution in [1.29, 1.82) is 0 Å². The molecule has 0 saturated heterocycles. The third-order valence-electron chi connectivity index (χ3n) is 3.49. The van der Waals surface area contributed by atoms with E-state index >= 15 is 0 Å². The van der Waals surface area contributed by atoms with Gasteiger partial charge in [0.25, 0.3) is 0 Å². The Labute approximate surface area is 133 Å². The fourth-order valence-electron chi connectivity index (χ4n) is 2.29. The summed E-state index contributed by atoms with van der Waals surface area (Å²) in [7, 11) is 1.67. The minimum absolute atomic E-state index is 0.242. The van der Waals surface area contributed by atoms with Crippen molar-refractivity contribution in [2.24, 2.45) is 0 Å². The van der Waals surface area contributed by atoms with Crippen molar-refractivity contribution in [2.45, 2.75) is 6.10 Å². The van der Waals surface area contributed by atoms with Crippen molar-refractivity contribution >= 4 is 11.7 Å². The summed E-state index contributed by atoms with van der Waals surface area (Å²) >= 11 is 0. The van der Waals surface area contributed by atoms with Crippen LogP contribution in [0, 0.1) is 5.82 Å². The third kappa shape index (κ3) is 3.71. The molecule has 1 aliphatic heterocycles. The topological polar surface area (TPSA) is 50.8 Å². The minimum atomic E-state index is -0.345. The number of nitrogens with zero attached hydrogens (tertiary/aromatic N) is 1. The molecule has 3 rings (SSSR count). The van der Waals surface area contributed by atoms with E-state index in [0.29, 0.717) is 30.3 Å². The van der Waals surface area contributed by atoms with Gasteiger partial charge >= 0.3 is 6.03 Å². The second-order valence-electron chi connectivity index (χ2n) is 5.32. The highest BCUT2D eigenvalue weighted by Gasteiger charge is 2.23. The number of anilines is 1. The van der Waals surface area contributed by atoms with E-state index in [9.17, 15) is 9.18 Å². The summed E-state index contributed by atoms with van der Waals surface area (Å²) in [5.74, 6) is 1.04. The molecule has 5 nitrogen and oxygen atoms in total. The zero-order valence-corrected chi connectivity index (χ0v) is 12.7. The Kier molecular flexibility index (Phi) is 4.32. The summed E-state index contributed by atoms with van der Waals surface area (Å²) in [6.07, 6.45) is -0.242. The lowest BCUT2D eigenvalue weighted by molar-refractivity contribution is 0.0731. The maximum atomic E-state index is 12.9. The van der Waals surface area contributed by atoms with Crippen LogP contribution in [-0.2, 0) is 0 Å². The average molecular weight is 316 g/mol. The molecule has 0 saturated carbocycles. The minimum Gasteiger partial charge on any atom is -0.486 e. The molecule has 1 heterocycles. The van der Waals surface area contributed by atoms with Crippen LogP contribution in [0.15, 0.2) is 48.5 Å². The first-order valence-electron chi connectivity index (χ1n) is 7.28. The maximum Gasteiger partial charge on any atom is 0.321 e. The number of nitrogens with one attached hydrogen (secondary N) is 1.